The van der Waals surface area contributed by atoms with E-state index in [1.54, 1.807) is 0 Å². The zero-order chi connectivity index (χ0) is 35.8. The van der Waals surface area contributed by atoms with Crippen molar-refractivity contribution in [3.8, 4) is 39.1 Å². The summed E-state index contributed by atoms with van der Waals surface area (Å²) in [5, 5.41) is 4.85. The van der Waals surface area contributed by atoms with Crippen LogP contribution in [0.2, 0.25) is 0 Å². The number of anilines is 3. The predicted molar refractivity (Wildman–Crippen MR) is 229 cm³/mol. The lowest BCUT2D eigenvalue weighted by molar-refractivity contribution is 1.18. The van der Waals surface area contributed by atoms with Gasteiger partial charge in [0.1, 0.15) is 0 Å². The van der Waals surface area contributed by atoms with Crippen LogP contribution in [0.4, 0.5) is 17.1 Å². The fraction of sp³-hybridized carbons (Fsp3) is 0. The number of benzene rings is 9. The summed E-state index contributed by atoms with van der Waals surface area (Å²) in [5.41, 5.74) is 13.9. The third-order valence-corrected chi connectivity index (χ3v) is 10.6. The molecule has 0 bridgehead atoms. The molecule has 0 saturated heterocycles. The minimum atomic E-state index is 1.09. The van der Waals surface area contributed by atoms with Gasteiger partial charge in [-0.3, -0.25) is 0 Å². The summed E-state index contributed by atoms with van der Waals surface area (Å²) in [5.74, 6) is 0. The van der Waals surface area contributed by atoms with Gasteiger partial charge in [0.25, 0.3) is 0 Å². The van der Waals surface area contributed by atoms with Gasteiger partial charge in [-0.05, 0) is 75.7 Å². The average molecular weight is 689 g/mol. The van der Waals surface area contributed by atoms with Crippen LogP contribution >= 0.6 is 0 Å². The first-order valence-electron chi connectivity index (χ1n) is 18.5. The molecule has 0 aliphatic carbocycles. The highest BCUT2D eigenvalue weighted by Gasteiger charge is 2.24. The summed E-state index contributed by atoms with van der Waals surface area (Å²) in [7, 11) is 0. The normalized spacial score (nSPS) is 11.3. The van der Waals surface area contributed by atoms with Gasteiger partial charge in [-0.2, -0.15) is 0 Å². The third kappa shape index (κ3) is 5.36. The first-order chi connectivity index (χ1) is 26.8. The minimum absolute atomic E-state index is 1.09. The van der Waals surface area contributed by atoms with Crippen molar-refractivity contribution in [2.24, 2.45) is 0 Å². The Morgan fingerprint density at radius 2 is 0.870 bits per heavy atom. The fourth-order valence-electron chi connectivity index (χ4n) is 8.20. The van der Waals surface area contributed by atoms with Gasteiger partial charge in [-0.25, -0.2) is 0 Å². The molecule has 0 aliphatic rings. The summed E-state index contributed by atoms with van der Waals surface area (Å²) in [6.45, 7) is 0. The van der Waals surface area contributed by atoms with Gasteiger partial charge in [0.15, 0.2) is 0 Å². The molecule has 9 aromatic carbocycles. The highest BCUT2D eigenvalue weighted by atomic mass is 15.1. The van der Waals surface area contributed by atoms with Gasteiger partial charge >= 0.3 is 0 Å². The molecule has 10 rings (SSSR count). The van der Waals surface area contributed by atoms with E-state index in [-0.39, 0.29) is 0 Å². The van der Waals surface area contributed by atoms with Crippen molar-refractivity contribution in [1.29, 1.82) is 0 Å². The summed E-state index contributed by atoms with van der Waals surface area (Å²) in [4.78, 5) is 2.48. The number of hydrogen-bond acceptors (Lipinski definition) is 1. The quantitative estimate of drug-likeness (QED) is 0.162. The fourth-order valence-corrected chi connectivity index (χ4v) is 8.20. The summed E-state index contributed by atoms with van der Waals surface area (Å²) in [6, 6.07) is 79.0. The molecule has 54 heavy (non-hydrogen) atoms. The Balaban J connectivity index is 1.32. The lowest BCUT2D eigenvalue weighted by Crippen LogP contribution is -2.12. The number of nitrogens with zero attached hydrogens (tertiary/aromatic N) is 2. The van der Waals surface area contributed by atoms with Gasteiger partial charge < -0.3 is 9.47 Å². The second-order valence-corrected chi connectivity index (χ2v) is 13.7. The molecule has 0 N–H and O–H groups in total. The molecule has 0 atom stereocenters. The highest BCUT2D eigenvalue weighted by Crippen LogP contribution is 2.49. The maximum absolute atomic E-state index is 2.48. The molecule has 0 aliphatic heterocycles. The molecular weight excluding hydrogens is 653 g/mol. The Morgan fingerprint density at radius 1 is 0.333 bits per heavy atom. The van der Waals surface area contributed by atoms with Crippen LogP contribution in [0.25, 0.3) is 71.6 Å². The molecule has 0 fully saturated rings. The van der Waals surface area contributed by atoms with Gasteiger partial charge in [-0.15, -0.1) is 0 Å². The minimum Gasteiger partial charge on any atom is -0.309 e. The molecular formula is C52H36N2. The largest absolute Gasteiger partial charge is 0.309 e. The number of fused-ring (bicyclic) bond motifs is 4. The van der Waals surface area contributed by atoms with E-state index in [0.29, 0.717) is 0 Å². The third-order valence-electron chi connectivity index (χ3n) is 10.6. The van der Waals surface area contributed by atoms with E-state index >= 15 is 0 Å². The molecule has 0 saturated carbocycles. The first kappa shape index (κ1) is 31.6. The molecule has 1 heterocycles. The molecule has 2 heteroatoms. The zero-order valence-electron chi connectivity index (χ0n) is 29.7. The molecule has 10 aromatic rings. The van der Waals surface area contributed by atoms with E-state index < -0.39 is 0 Å². The summed E-state index contributed by atoms with van der Waals surface area (Å²) >= 11 is 0. The van der Waals surface area contributed by atoms with Gasteiger partial charge in [0, 0.05) is 33.1 Å². The van der Waals surface area contributed by atoms with Crippen LogP contribution in [0, 0.1) is 0 Å². The number of para-hydroxylation sites is 2. The first-order valence-corrected chi connectivity index (χ1v) is 18.5. The molecule has 0 amide bonds. The number of hydrogen-bond donors (Lipinski definition) is 0. The van der Waals surface area contributed by atoms with Crippen LogP contribution in [0.5, 0.6) is 0 Å². The Hall–Kier alpha value is -7.16. The van der Waals surface area contributed by atoms with Crippen molar-refractivity contribution in [2.45, 2.75) is 0 Å². The molecule has 0 unspecified atom stereocenters. The van der Waals surface area contributed by atoms with Gasteiger partial charge in [0.2, 0.25) is 0 Å². The van der Waals surface area contributed by atoms with Crippen molar-refractivity contribution in [3.63, 3.8) is 0 Å². The van der Waals surface area contributed by atoms with E-state index in [9.17, 15) is 0 Å². The monoisotopic (exact) mass is 688 g/mol. The van der Waals surface area contributed by atoms with Crippen molar-refractivity contribution in [2.75, 3.05) is 4.90 Å². The number of aromatic nitrogens is 1. The topological polar surface area (TPSA) is 8.17 Å². The smallest absolute Gasteiger partial charge is 0.0561 e. The zero-order valence-corrected chi connectivity index (χ0v) is 29.7. The average Bonchev–Trinajstić information content (AvgIpc) is 3.58. The van der Waals surface area contributed by atoms with Gasteiger partial charge in [-0.1, -0.05) is 176 Å². The molecule has 1 aromatic heterocycles. The van der Waals surface area contributed by atoms with E-state index in [0.717, 1.165) is 28.3 Å². The highest BCUT2D eigenvalue weighted by molar-refractivity contribution is 6.12. The van der Waals surface area contributed by atoms with Crippen LogP contribution < -0.4 is 4.90 Å². The van der Waals surface area contributed by atoms with Gasteiger partial charge in [0.05, 0.1) is 22.4 Å². The molecule has 0 spiro atoms. The summed E-state index contributed by atoms with van der Waals surface area (Å²) in [6.07, 6.45) is 0. The maximum Gasteiger partial charge on any atom is 0.0561 e. The van der Waals surface area contributed by atoms with Crippen LogP contribution in [-0.2, 0) is 0 Å². The number of rotatable bonds is 7. The second-order valence-electron chi connectivity index (χ2n) is 13.7. The van der Waals surface area contributed by atoms with E-state index in [1.807, 2.05) is 0 Å². The Bertz CT molecular complexity index is 2920. The molecule has 2 nitrogen and oxygen atoms in total. The van der Waals surface area contributed by atoms with Crippen molar-refractivity contribution < 1.29 is 0 Å². The molecule has 254 valence electrons. The van der Waals surface area contributed by atoms with Crippen molar-refractivity contribution in [1.82, 2.24) is 4.57 Å². The van der Waals surface area contributed by atoms with Crippen LogP contribution in [0.3, 0.4) is 0 Å². The summed E-state index contributed by atoms with van der Waals surface area (Å²) < 4.78 is 2.40. The van der Waals surface area contributed by atoms with E-state index in [1.165, 1.54) is 60.4 Å². The standard InChI is InChI=1S/C52H36N2/c1-4-18-37(19-5-1)42-26-12-13-29-47(42)52-44(39-20-6-2-7-21-39)30-17-33-50(52)54(48-32-16-23-38-22-10-11-27-43(38)48)41-34-35-46-45-28-14-15-31-49(45)53(51(46)36-41)40-24-8-3-9-25-40/h1-36H. The van der Waals surface area contributed by atoms with E-state index in [2.05, 4.69) is 228 Å². The van der Waals surface area contributed by atoms with Crippen LogP contribution in [-0.4, -0.2) is 4.57 Å². The Kier molecular flexibility index (Phi) is 7.85. The van der Waals surface area contributed by atoms with E-state index in [4.69, 9.17) is 0 Å². The Morgan fingerprint density at radius 3 is 1.65 bits per heavy atom. The SMILES string of the molecule is c1ccc(-c2ccccc2-c2c(-c3ccccc3)cccc2N(c2ccc3c4ccccc4n(-c4ccccc4)c3c2)c2cccc3ccccc23)cc1. The lowest BCUT2D eigenvalue weighted by Gasteiger charge is -2.31. The van der Waals surface area contributed by atoms with Crippen molar-refractivity contribution >= 4 is 49.6 Å². The van der Waals surface area contributed by atoms with Crippen LogP contribution in [0.1, 0.15) is 0 Å². The predicted octanol–water partition coefficient (Wildman–Crippen LogP) is 14.4. The second kappa shape index (κ2) is 13.4. The lowest BCUT2D eigenvalue weighted by atomic mass is 9.87. The Labute approximate surface area is 315 Å². The maximum atomic E-state index is 2.48. The molecule has 0 radical (unpaired) electrons. The van der Waals surface area contributed by atoms with Crippen LogP contribution in [0.15, 0.2) is 218 Å². The van der Waals surface area contributed by atoms with Crippen molar-refractivity contribution in [3.05, 3.63) is 218 Å².